The van der Waals surface area contributed by atoms with E-state index in [2.05, 4.69) is 28.5 Å². The van der Waals surface area contributed by atoms with Crippen LogP contribution in [0.1, 0.15) is 32.6 Å². The summed E-state index contributed by atoms with van der Waals surface area (Å²) in [6.45, 7) is 6.22. The van der Waals surface area contributed by atoms with Crippen LogP contribution in [0, 0.1) is 11.8 Å². The van der Waals surface area contributed by atoms with Crippen LogP contribution in [0.3, 0.4) is 0 Å². The van der Waals surface area contributed by atoms with Crippen molar-refractivity contribution in [1.82, 2.24) is 10.6 Å². The molecule has 2 N–H and O–H groups in total. The van der Waals surface area contributed by atoms with Gasteiger partial charge in [0.1, 0.15) is 0 Å². The molecule has 4 nitrogen and oxygen atoms in total. The minimum atomic E-state index is 0. The van der Waals surface area contributed by atoms with Crippen molar-refractivity contribution in [2.24, 2.45) is 11.8 Å². The van der Waals surface area contributed by atoms with Crippen molar-refractivity contribution < 1.29 is 4.79 Å². The molecule has 0 aliphatic carbocycles. The first kappa shape index (κ1) is 23.4. The summed E-state index contributed by atoms with van der Waals surface area (Å²) in [5, 5.41) is 7.43. The van der Waals surface area contributed by atoms with Crippen LogP contribution in [-0.4, -0.2) is 38.1 Å². The maximum absolute atomic E-state index is 12.4. The van der Waals surface area contributed by atoms with Crippen LogP contribution < -0.4 is 15.5 Å². The third-order valence-electron chi connectivity index (χ3n) is 5.37. The van der Waals surface area contributed by atoms with Crippen molar-refractivity contribution in [3.8, 4) is 0 Å². The number of nitrogens with one attached hydrogen (secondary N) is 2. The molecule has 2 aliphatic heterocycles. The largest absolute Gasteiger partial charge is 0.369 e. The number of rotatable bonds is 5. The number of halogens is 3. The molecule has 1 aromatic rings. The van der Waals surface area contributed by atoms with Gasteiger partial charge in [0, 0.05) is 36.3 Å². The molecule has 0 aromatic heterocycles. The van der Waals surface area contributed by atoms with E-state index < -0.39 is 0 Å². The van der Waals surface area contributed by atoms with Gasteiger partial charge in [-0.1, -0.05) is 24.6 Å². The number of hydrogen-bond donors (Lipinski definition) is 2. The van der Waals surface area contributed by atoms with Gasteiger partial charge in [0.15, 0.2) is 0 Å². The van der Waals surface area contributed by atoms with E-state index in [1.165, 1.54) is 12.8 Å². The third-order valence-corrected chi connectivity index (χ3v) is 5.61. The summed E-state index contributed by atoms with van der Waals surface area (Å²) in [7, 11) is 0. The fourth-order valence-electron chi connectivity index (χ4n) is 3.90. The molecule has 1 amide bonds. The molecule has 2 saturated heterocycles. The maximum Gasteiger partial charge on any atom is 0.220 e. The number of benzene rings is 1. The highest BCUT2D eigenvalue weighted by Crippen LogP contribution is 2.25. The molecule has 0 bridgehead atoms. The Morgan fingerprint density at radius 2 is 2.19 bits per heavy atom. The van der Waals surface area contributed by atoms with E-state index in [4.69, 9.17) is 11.6 Å². The summed E-state index contributed by atoms with van der Waals surface area (Å²) in [5.41, 5.74) is 1.14. The Hall–Kier alpha value is -0.680. The molecule has 1 aromatic carbocycles. The topological polar surface area (TPSA) is 44.4 Å². The maximum atomic E-state index is 12.4. The van der Waals surface area contributed by atoms with Crippen molar-refractivity contribution in [2.75, 3.05) is 31.1 Å². The Labute approximate surface area is 174 Å². The molecular weight excluding hydrogens is 393 g/mol. The van der Waals surface area contributed by atoms with E-state index in [1.54, 1.807) is 0 Å². The number of carbonyl (C=O) groups excluding carboxylic acids is 1. The van der Waals surface area contributed by atoms with Crippen LogP contribution in [0.2, 0.25) is 5.02 Å². The van der Waals surface area contributed by atoms with Gasteiger partial charge in [0.25, 0.3) is 0 Å². The van der Waals surface area contributed by atoms with Gasteiger partial charge >= 0.3 is 0 Å². The van der Waals surface area contributed by atoms with E-state index >= 15 is 0 Å². The van der Waals surface area contributed by atoms with Gasteiger partial charge in [-0.15, -0.1) is 24.8 Å². The number of nitrogens with zero attached hydrogens (tertiary/aromatic N) is 1. The summed E-state index contributed by atoms with van der Waals surface area (Å²) < 4.78 is 0. The molecule has 148 valence electrons. The van der Waals surface area contributed by atoms with Crippen LogP contribution in [-0.2, 0) is 4.79 Å². The molecule has 2 fully saturated rings. The summed E-state index contributed by atoms with van der Waals surface area (Å²) in [4.78, 5) is 14.7. The average Bonchev–Trinajstić information content (AvgIpc) is 3.04. The lowest BCUT2D eigenvalue weighted by molar-refractivity contribution is -0.122. The summed E-state index contributed by atoms with van der Waals surface area (Å²) >= 11 is 6.07. The fourth-order valence-corrected chi connectivity index (χ4v) is 4.08. The second kappa shape index (κ2) is 11.2. The van der Waals surface area contributed by atoms with Crippen molar-refractivity contribution in [1.29, 1.82) is 0 Å². The summed E-state index contributed by atoms with van der Waals surface area (Å²) in [6.07, 6.45) is 4.11. The van der Waals surface area contributed by atoms with E-state index in [0.717, 1.165) is 43.3 Å². The predicted octanol–water partition coefficient (Wildman–Crippen LogP) is 3.90. The Kier molecular flexibility index (Phi) is 10.1. The lowest BCUT2D eigenvalue weighted by Crippen LogP contribution is -2.40. The monoisotopic (exact) mass is 421 g/mol. The molecule has 2 heterocycles. The fraction of sp³-hybridized carbons (Fsp3) is 0.632. The first-order chi connectivity index (χ1) is 11.6. The van der Waals surface area contributed by atoms with Gasteiger partial charge < -0.3 is 15.5 Å². The summed E-state index contributed by atoms with van der Waals surface area (Å²) in [6, 6.07) is 8.18. The number of anilines is 1. The van der Waals surface area contributed by atoms with Gasteiger partial charge in [0.05, 0.1) is 0 Å². The Morgan fingerprint density at radius 1 is 1.38 bits per heavy atom. The Morgan fingerprint density at radius 3 is 2.88 bits per heavy atom. The van der Waals surface area contributed by atoms with Crippen molar-refractivity contribution >= 4 is 48.0 Å². The van der Waals surface area contributed by atoms with E-state index in [0.29, 0.717) is 18.3 Å². The SMILES string of the molecule is CC(CC(=O)NC1CCN(c2cccc(Cl)c2)C1)C1CCCNC1.Cl.Cl. The highest BCUT2D eigenvalue weighted by Gasteiger charge is 2.26. The molecule has 3 rings (SSSR count). The van der Waals surface area contributed by atoms with Crippen LogP contribution >= 0.6 is 36.4 Å². The van der Waals surface area contributed by atoms with Gasteiger partial charge in [-0.25, -0.2) is 0 Å². The lowest BCUT2D eigenvalue weighted by atomic mass is 9.85. The molecule has 3 unspecified atom stereocenters. The van der Waals surface area contributed by atoms with Crippen LogP contribution in [0.4, 0.5) is 5.69 Å². The van der Waals surface area contributed by atoms with Crippen LogP contribution in [0.25, 0.3) is 0 Å². The van der Waals surface area contributed by atoms with Gasteiger partial charge in [0.2, 0.25) is 5.91 Å². The first-order valence-electron chi connectivity index (χ1n) is 9.12. The summed E-state index contributed by atoms with van der Waals surface area (Å²) in [5.74, 6) is 1.28. The van der Waals surface area contributed by atoms with Crippen molar-refractivity contribution in [2.45, 2.75) is 38.6 Å². The van der Waals surface area contributed by atoms with Gasteiger partial charge in [-0.05, 0) is 62.4 Å². The zero-order valence-electron chi connectivity index (χ0n) is 15.2. The van der Waals surface area contributed by atoms with Gasteiger partial charge in [-0.2, -0.15) is 0 Å². The zero-order valence-corrected chi connectivity index (χ0v) is 17.6. The van der Waals surface area contributed by atoms with Crippen LogP contribution in [0.15, 0.2) is 24.3 Å². The molecule has 0 saturated carbocycles. The van der Waals surface area contributed by atoms with Crippen molar-refractivity contribution in [3.63, 3.8) is 0 Å². The number of carbonyl (C=O) groups is 1. The number of amides is 1. The molecule has 3 atom stereocenters. The molecule has 0 spiro atoms. The highest BCUT2D eigenvalue weighted by molar-refractivity contribution is 6.30. The minimum absolute atomic E-state index is 0. The smallest absolute Gasteiger partial charge is 0.220 e. The first-order valence-corrected chi connectivity index (χ1v) is 9.50. The normalized spacial score (nSPS) is 23.5. The van der Waals surface area contributed by atoms with E-state index in [1.807, 2.05) is 18.2 Å². The Bertz CT molecular complexity index is 567. The van der Waals surface area contributed by atoms with Crippen LogP contribution in [0.5, 0.6) is 0 Å². The second-order valence-corrected chi connectivity index (χ2v) is 7.70. The highest BCUT2D eigenvalue weighted by atomic mass is 35.5. The molecule has 7 heteroatoms. The number of piperidine rings is 1. The quantitative estimate of drug-likeness (QED) is 0.756. The molecular formula is C19H30Cl3N3O. The Balaban J connectivity index is 0.00000169. The van der Waals surface area contributed by atoms with Gasteiger partial charge in [-0.3, -0.25) is 4.79 Å². The minimum Gasteiger partial charge on any atom is -0.369 e. The van der Waals surface area contributed by atoms with Crippen molar-refractivity contribution in [3.05, 3.63) is 29.3 Å². The molecule has 2 aliphatic rings. The second-order valence-electron chi connectivity index (χ2n) is 7.27. The van der Waals surface area contributed by atoms with E-state index in [9.17, 15) is 4.79 Å². The average molecular weight is 423 g/mol. The standard InChI is InChI=1S/C19H28ClN3O.2ClH/c1-14(15-4-3-8-21-12-15)10-19(24)22-17-7-9-23(13-17)18-6-2-5-16(20)11-18;;/h2,5-6,11,14-15,17,21H,3-4,7-10,12-13H2,1H3,(H,22,24);2*1H. The zero-order chi connectivity index (χ0) is 16.9. The predicted molar refractivity (Wildman–Crippen MR) is 114 cm³/mol. The lowest BCUT2D eigenvalue weighted by Gasteiger charge is -2.28. The number of hydrogen-bond acceptors (Lipinski definition) is 3. The molecule has 0 radical (unpaired) electrons. The molecule has 26 heavy (non-hydrogen) atoms. The van der Waals surface area contributed by atoms with E-state index in [-0.39, 0.29) is 36.8 Å². The third kappa shape index (κ3) is 6.49.